The van der Waals surface area contributed by atoms with Gasteiger partial charge >= 0.3 is 0 Å². The average Bonchev–Trinajstić information content (AvgIpc) is 3.16. The summed E-state index contributed by atoms with van der Waals surface area (Å²) in [4.78, 5) is 16.6. The Balaban J connectivity index is 1.53. The van der Waals surface area contributed by atoms with E-state index >= 15 is 0 Å². The van der Waals surface area contributed by atoms with Crippen molar-refractivity contribution < 1.29 is 0 Å². The van der Waals surface area contributed by atoms with Gasteiger partial charge in [-0.2, -0.15) is 0 Å². The average molecular weight is 397 g/mol. The normalized spacial score (nSPS) is 21.8. The Hall–Kier alpha value is -1.88. The molecule has 2 aliphatic rings. The molecule has 138 valence electrons. The van der Waals surface area contributed by atoms with Gasteiger partial charge in [-0.3, -0.25) is 9.69 Å². The van der Waals surface area contributed by atoms with Crippen LogP contribution in [0.2, 0.25) is 5.02 Å². The number of nitrogens with zero attached hydrogens (tertiary/aromatic N) is 2. The van der Waals surface area contributed by atoms with Crippen LogP contribution in [0.4, 0.5) is 0 Å². The van der Waals surface area contributed by atoms with Crippen LogP contribution in [0, 0.1) is 5.92 Å². The van der Waals surface area contributed by atoms with Gasteiger partial charge in [0.2, 0.25) is 0 Å². The first-order chi connectivity index (χ1) is 13.2. The fourth-order valence-electron chi connectivity index (χ4n) is 4.74. The van der Waals surface area contributed by atoms with E-state index < -0.39 is 0 Å². The van der Waals surface area contributed by atoms with Crippen molar-refractivity contribution in [3.05, 3.63) is 79.9 Å². The van der Waals surface area contributed by atoms with E-state index in [1.165, 1.54) is 22.6 Å². The van der Waals surface area contributed by atoms with E-state index in [-0.39, 0.29) is 5.56 Å². The van der Waals surface area contributed by atoms with Crippen LogP contribution in [0.3, 0.4) is 0 Å². The van der Waals surface area contributed by atoms with Crippen LogP contribution in [0.1, 0.15) is 22.9 Å². The van der Waals surface area contributed by atoms with Crippen LogP contribution in [0.15, 0.2) is 58.7 Å². The number of fused-ring (bicyclic) bond motifs is 4. The van der Waals surface area contributed by atoms with Gasteiger partial charge in [-0.25, -0.2) is 0 Å². The summed E-state index contributed by atoms with van der Waals surface area (Å²) in [6, 6.07) is 16.0. The Bertz CT molecular complexity index is 1010. The fraction of sp³-hybridized carbons (Fsp3) is 0.318. The predicted molar refractivity (Wildman–Crippen MR) is 112 cm³/mol. The Kier molecular flexibility index (Phi) is 4.43. The first-order valence-corrected chi connectivity index (χ1v) is 10.7. The van der Waals surface area contributed by atoms with E-state index in [0.717, 1.165) is 36.8 Å². The van der Waals surface area contributed by atoms with Gasteiger partial charge in [-0.1, -0.05) is 29.8 Å². The lowest BCUT2D eigenvalue weighted by Crippen LogP contribution is -2.46. The smallest absolute Gasteiger partial charge is 0.250 e. The van der Waals surface area contributed by atoms with Crippen LogP contribution in [0.25, 0.3) is 11.1 Å². The summed E-state index contributed by atoms with van der Waals surface area (Å²) in [5.41, 5.74) is 3.64. The van der Waals surface area contributed by atoms with Gasteiger partial charge in [0.1, 0.15) is 0 Å². The van der Waals surface area contributed by atoms with Gasteiger partial charge in [-0.15, -0.1) is 11.3 Å². The zero-order valence-corrected chi connectivity index (χ0v) is 16.5. The van der Waals surface area contributed by atoms with E-state index in [9.17, 15) is 4.79 Å². The lowest BCUT2D eigenvalue weighted by atomic mass is 9.80. The number of rotatable bonds is 3. The number of benzene rings is 1. The molecule has 2 aliphatic heterocycles. The third kappa shape index (κ3) is 3.27. The molecule has 1 saturated heterocycles. The third-order valence-electron chi connectivity index (χ3n) is 5.78. The van der Waals surface area contributed by atoms with Crippen molar-refractivity contribution in [2.24, 2.45) is 5.92 Å². The van der Waals surface area contributed by atoms with Crippen molar-refractivity contribution in [2.75, 3.05) is 13.1 Å². The highest BCUT2D eigenvalue weighted by molar-refractivity contribution is 7.09. The zero-order chi connectivity index (χ0) is 18.4. The second-order valence-electron chi connectivity index (χ2n) is 7.66. The number of halogens is 1. The molecule has 3 aromatic rings. The molecule has 4 heterocycles. The maximum absolute atomic E-state index is 12.6. The summed E-state index contributed by atoms with van der Waals surface area (Å²) in [6.07, 6.45) is 1.17. The molecule has 0 radical (unpaired) electrons. The number of likely N-dealkylation sites (tertiary alicyclic amines) is 1. The number of aromatic nitrogens is 1. The SMILES string of the molecule is O=c1ccc(-c2ccc(Cl)cc2)c2n1C[C@@H]1C[C@@H]2CN(Cc2cccs2)C1. The Labute approximate surface area is 167 Å². The molecular formula is C22H21ClN2OS. The quantitative estimate of drug-likeness (QED) is 0.632. The molecule has 1 fully saturated rings. The van der Waals surface area contributed by atoms with Crippen molar-refractivity contribution in [1.82, 2.24) is 9.47 Å². The van der Waals surface area contributed by atoms with Crippen LogP contribution < -0.4 is 5.56 Å². The number of thiophene rings is 1. The first kappa shape index (κ1) is 17.2. The van der Waals surface area contributed by atoms with Crippen molar-refractivity contribution in [1.29, 1.82) is 0 Å². The van der Waals surface area contributed by atoms with Crippen molar-refractivity contribution in [3.63, 3.8) is 0 Å². The van der Waals surface area contributed by atoms with E-state index in [1.807, 2.05) is 34.1 Å². The number of hydrogen-bond donors (Lipinski definition) is 0. The molecule has 0 N–H and O–H groups in total. The second-order valence-corrected chi connectivity index (χ2v) is 9.13. The van der Waals surface area contributed by atoms with Gasteiger partial charge in [0.25, 0.3) is 5.56 Å². The van der Waals surface area contributed by atoms with Crippen LogP contribution in [-0.2, 0) is 13.1 Å². The fourth-order valence-corrected chi connectivity index (χ4v) is 5.61. The van der Waals surface area contributed by atoms with Crippen LogP contribution in [0.5, 0.6) is 0 Å². The maximum atomic E-state index is 12.6. The molecule has 3 nitrogen and oxygen atoms in total. The highest BCUT2D eigenvalue weighted by atomic mass is 35.5. The minimum Gasteiger partial charge on any atom is -0.311 e. The molecule has 5 heteroatoms. The minimum absolute atomic E-state index is 0.129. The van der Waals surface area contributed by atoms with Crippen LogP contribution >= 0.6 is 22.9 Å². The Morgan fingerprint density at radius 1 is 1.04 bits per heavy atom. The number of hydrogen-bond acceptors (Lipinski definition) is 3. The van der Waals surface area contributed by atoms with Gasteiger partial charge < -0.3 is 4.57 Å². The summed E-state index contributed by atoms with van der Waals surface area (Å²) < 4.78 is 2.03. The van der Waals surface area contributed by atoms with Crippen molar-refractivity contribution >= 4 is 22.9 Å². The largest absolute Gasteiger partial charge is 0.311 e. The summed E-state index contributed by atoms with van der Waals surface area (Å²) in [5, 5.41) is 2.88. The van der Waals surface area contributed by atoms with Crippen LogP contribution in [-0.4, -0.2) is 22.6 Å². The topological polar surface area (TPSA) is 25.2 Å². The molecule has 2 aromatic heterocycles. The standard InChI is InChI=1S/C22H21ClN2OS/c23-18-5-3-16(4-6-18)20-7-8-21(26)25-12-15-10-17(22(20)25)13-24(11-15)14-19-2-1-9-27-19/h1-9,15,17H,10-14H2/t15-,17-/m1/s1. The molecule has 2 bridgehead atoms. The predicted octanol–water partition coefficient (Wildman–Crippen LogP) is 4.85. The van der Waals surface area contributed by atoms with Gasteiger partial charge in [0.05, 0.1) is 0 Å². The number of pyridine rings is 1. The molecule has 27 heavy (non-hydrogen) atoms. The molecule has 0 amide bonds. The Morgan fingerprint density at radius 2 is 1.89 bits per heavy atom. The monoisotopic (exact) mass is 396 g/mol. The first-order valence-electron chi connectivity index (χ1n) is 9.42. The van der Waals surface area contributed by atoms with Gasteiger partial charge in [-0.05, 0) is 47.5 Å². The maximum Gasteiger partial charge on any atom is 0.250 e. The van der Waals surface area contributed by atoms with E-state index in [2.05, 4.69) is 34.5 Å². The molecule has 1 aromatic carbocycles. The molecule has 0 aliphatic carbocycles. The van der Waals surface area contributed by atoms with E-state index in [4.69, 9.17) is 11.6 Å². The molecule has 5 rings (SSSR count). The molecule has 0 unspecified atom stereocenters. The van der Waals surface area contributed by atoms with Crippen molar-refractivity contribution in [3.8, 4) is 11.1 Å². The summed E-state index contributed by atoms with van der Waals surface area (Å²) in [5.74, 6) is 0.950. The number of piperidine rings is 1. The lowest BCUT2D eigenvalue weighted by molar-refractivity contribution is 0.115. The lowest BCUT2D eigenvalue weighted by Gasteiger charge is -2.43. The van der Waals surface area contributed by atoms with Gasteiger partial charge in [0, 0.05) is 59.3 Å². The summed E-state index contributed by atoms with van der Waals surface area (Å²) >= 11 is 7.90. The van der Waals surface area contributed by atoms with E-state index in [1.54, 1.807) is 6.07 Å². The summed E-state index contributed by atoms with van der Waals surface area (Å²) in [6.45, 7) is 3.93. The molecule has 0 saturated carbocycles. The summed E-state index contributed by atoms with van der Waals surface area (Å²) in [7, 11) is 0. The molecular weight excluding hydrogens is 376 g/mol. The van der Waals surface area contributed by atoms with Crippen molar-refractivity contribution in [2.45, 2.75) is 25.4 Å². The zero-order valence-electron chi connectivity index (χ0n) is 15.0. The highest BCUT2D eigenvalue weighted by Crippen LogP contribution is 2.40. The van der Waals surface area contributed by atoms with Gasteiger partial charge in [0.15, 0.2) is 0 Å². The van der Waals surface area contributed by atoms with E-state index in [0.29, 0.717) is 11.8 Å². The second kappa shape index (κ2) is 6.93. The molecule has 2 atom stereocenters. The third-order valence-corrected chi connectivity index (χ3v) is 6.89. The minimum atomic E-state index is 0.129. The highest BCUT2D eigenvalue weighted by Gasteiger charge is 2.36. The molecule has 0 spiro atoms. The Morgan fingerprint density at radius 3 is 2.67 bits per heavy atom.